The van der Waals surface area contributed by atoms with Crippen LogP contribution in [0, 0.1) is 5.41 Å². The van der Waals surface area contributed by atoms with E-state index in [1.54, 1.807) is 0 Å². The number of rotatable bonds is 0. The Kier molecular flexibility index (Phi) is 0.667. The second-order valence-corrected chi connectivity index (χ2v) is 2.70. The number of hydrogen-bond acceptors (Lipinski definition) is 0. The van der Waals surface area contributed by atoms with Crippen LogP contribution in [0.2, 0.25) is 0 Å². The summed E-state index contributed by atoms with van der Waals surface area (Å²) < 4.78 is 4.07. The first-order valence-electron chi connectivity index (χ1n) is 2.34. The normalized spacial score (nSPS) is 29.0. The Morgan fingerprint density at radius 2 is 1.67 bits per heavy atom. The molecule has 1 nitrogen and oxygen atoms in total. The van der Waals surface area contributed by atoms with E-state index in [4.69, 9.17) is 0 Å². The van der Waals surface area contributed by atoms with Gasteiger partial charge in [0.05, 0.1) is 0 Å². The van der Waals surface area contributed by atoms with Gasteiger partial charge in [0.2, 0.25) is 0 Å². The zero-order chi connectivity index (χ0) is 4.62. The molecule has 36 valence electrons. The second kappa shape index (κ2) is 0.969. The highest BCUT2D eigenvalue weighted by Gasteiger charge is 2.33. The number of hydrogen-bond donors (Lipinski definition) is 0. The van der Waals surface area contributed by atoms with Crippen molar-refractivity contribution in [3.63, 3.8) is 0 Å². The maximum Gasteiger partial charge on any atom is 0.157 e. The highest BCUT2D eigenvalue weighted by Crippen LogP contribution is 2.21. The van der Waals surface area contributed by atoms with Gasteiger partial charge in [0.15, 0.2) is 13.2 Å². The molecule has 0 atom stereocenters. The molecule has 0 bridgehead atoms. The van der Waals surface area contributed by atoms with Crippen LogP contribution in [0.3, 0.4) is 0 Å². The lowest BCUT2D eigenvalue weighted by atomic mass is 9.92. The first-order chi connectivity index (χ1) is 2.71. The van der Waals surface area contributed by atoms with Crippen molar-refractivity contribution in [2.45, 2.75) is 13.8 Å². The standard InChI is InChI=1S/C5H10O/c1-5(2)3-6-4-5/h3-4H2,1-2H3/p+1. The Morgan fingerprint density at radius 1 is 1.33 bits per heavy atom. The van der Waals surface area contributed by atoms with Crippen LogP contribution in [-0.2, 0) is 0 Å². The van der Waals surface area contributed by atoms with Gasteiger partial charge in [-0.2, -0.15) is 0 Å². The van der Waals surface area contributed by atoms with E-state index >= 15 is 0 Å². The molecule has 0 aromatic heterocycles. The van der Waals surface area contributed by atoms with Gasteiger partial charge >= 0.3 is 0 Å². The number of aliphatic hydroxyl groups is 2. The van der Waals surface area contributed by atoms with E-state index in [0.29, 0.717) is 5.41 Å². The summed E-state index contributed by atoms with van der Waals surface area (Å²) in [6.07, 6.45) is 0. The Morgan fingerprint density at radius 3 is 1.67 bits per heavy atom. The van der Waals surface area contributed by atoms with Gasteiger partial charge in [-0.25, -0.2) is 0 Å². The largest absolute Gasteiger partial charge is 0.432 e. The molecule has 1 saturated heterocycles. The van der Waals surface area contributed by atoms with E-state index in [-0.39, 0.29) is 0 Å². The van der Waals surface area contributed by atoms with E-state index in [1.807, 2.05) is 0 Å². The topological polar surface area (TPSA) is 12.8 Å². The van der Waals surface area contributed by atoms with Gasteiger partial charge in [-0.05, 0) is 13.8 Å². The van der Waals surface area contributed by atoms with Crippen LogP contribution in [0.5, 0.6) is 0 Å². The quantitative estimate of drug-likeness (QED) is 0.383. The summed E-state index contributed by atoms with van der Waals surface area (Å²) in [4.78, 5) is 0. The zero-order valence-electron chi connectivity index (χ0n) is 4.36. The molecule has 0 spiro atoms. The van der Waals surface area contributed by atoms with Gasteiger partial charge in [-0.1, -0.05) is 0 Å². The Labute approximate surface area is 38.3 Å². The molecular formula is C5H11O+. The predicted molar refractivity (Wildman–Crippen MR) is 25.7 cm³/mol. The molecule has 1 aliphatic heterocycles. The molecule has 0 aromatic carbocycles. The van der Waals surface area contributed by atoms with Gasteiger partial charge in [0.1, 0.15) is 5.41 Å². The average Bonchev–Trinajstić information content (AvgIpc) is 1.32. The number of ether oxygens (including phenoxy) is 1. The average molecular weight is 87.1 g/mol. The van der Waals surface area contributed by atoms with Crippen molar-refractivity contribution in [2.24, 2.45) is 5.41 Å². The maximum absolute atomic E-state index is 4.07. The molecule has 0 radical (unpaired) electrons. The lowest BCUT2D eigenvalue weighted by molar-refractivity contribution is -0.215. The van der Waals surface area contributed by atoms with E-state index in [0.717, 1.165) is 13.2 Å². The van der Waals surface area contributed by atoms with Crippen molar-refractivity contribution in [2.75, 3.05) is 13.2 Å². The van der Waals surface area contributed by atoms with Crippen molar-refractivity contribution < 1.29 is 4.74 Å². The minimum absolute atomic E-state index is 0.556. The molecule has 1 aliphatic rings. The first kappa shape index (κ1) is 4.13. The van der Waals surface area contributed by atoms with Gasteiger partial charge in [-0.15, -0.1) is 0 Å². The van der Waals surface area contributed by atoms with Crippen LogP contribution in [0.25, 0.3) is 0 Å². The Balaban J connectivity index is 2.31. The fourth-order valence-electron chi connectivity index (χ4n) is 0.559. The van der Waals surface area contributed by atoms with Crippen LogP contribution in [-0.4, -0.2) is 18.0 Å². The molecule has 0 saturated carbocycles. The van der Waals surface area contributed by atoms with E-state index in [9.17, 15) is 0 Å². The SMILES string of the molecule is CC1(C)C[OH+]C1. The van der Waals surface area contributed by atoms with E-state index in [1.165, 1.54) is 0 Å². The minimum Gasteiger partial charge on any atom is -0.432 e. The third kappa shape index (κ3) is 0.548. The second-order valence-electron chi connectivity index (χ2n) is 2.70. The van der Waals surface area contributed by atoms with Crippen molar-refractivity contribution in [1.29, 1.82) is 0 Å². The zero-order valence-corrected chi connectivity index (χ0v) is 4.36. The Hall–Kier alpha value is -0.0400. The lowest BCUT2D eigenvalue weighted by Crippen LogP contribution is -2.39. The van der Waals surface area contributed by atoms with Crippen molar-refractivity contribution in [1.82, 2.24) is 0 Å². The molecule has 1 heteroatoms. The van der Waals surface area contributed by atoms with Crippen LogP contribution >= 0.6 is 0 Å². The highest BCUT2D eigenvalue weighted by molar-refractivity contribution is 4.72. The summed E-state index contributed by atoms with van der Waals surface area (Å²) in [5, 5.41) is 0. The molecule has 1 fully saturated rings. The fourth-order valence-corrected chi connectivity index (χ4v) is 0.559. The van der Waals surface area contributed by atoms with Crippen LogP contribution in [0.15, 0.2) is 0 Å². The molecule has 0 unspecified atom stereocenters. The van der Waals surface area contributed by atoms with Crippen LogP contribution in [0.4, 0.5) is 0 Å². The third-order valence-corrected chi connectivity index (χ3v) is 1.08. The van der Waals surface area contributed by atoms with Crippen LogP contribution in [0.1, 0.15) is 13.8 Å². The van der Waals surface area contributed by atoms with Crippen molar-refractivity contribution in [3.05, 3.63) is 0 Å². The van der Waals surface area contributed by atoms with Crippen molar-refractivity contribution in [3.8, 4) is 0 Å². The van der Waals surface area contributed by atoms with Gasteiger partial charge in [-0.3, -0.25) is 0 Å². The van der Waals surface area contributed by atoms with Gasteiger partial charge in [0, 0.05) is 0 Å². The molecule has 1 heterocycles. The molecule has 6 heavy (non-hydrogen) atoms. The van der Waals surface area contributed by atoms with E-state index in [2.05, 4.69) is 18.6 Å². The summed E-state index contributed by atoms with van der Waals surface area (Å²) in [6.45, 7) is 6.62. The lowest BCUT2D eigenvalue weighted by Gasteiger charge is -2.28. The maximum atomic E-state index is 4.07. The minimum atomic E-state index is 0.556. The van der Waals surface area contributed by atoms with Gasteiger partial charge < -0.3 is 4.74 Å². The monoisotopic (exact) mass is 87.1 g/mol. The predicted octanol–water partition coefficient (Wildman–Crippen LogP) is 0.554. The molecule has 1 rings (SSSR count). The fraction of sp³-hybridized carbons (Fsp3) is 1.00. The first-order valence-corrected chi connectivity index (χ1v) is 2.34. The van der Waals surface area contributed by atoms with Crippen LogP contribution < -0.4 is 0 Å². The molecule has 0 aromatic rings. The summed E-state index contributed by atoms with van der Waals surface area (Å²) in [5.41, 5.74) is 0.556. The molecular weight excluding hydrogens is 76.1 g/mol. The molecule has 0 amide bonds. The summed E-state index contributed by atoms with van der Waals surface area (Å²) >= 11 is 0. The highest BCUT2D eigenvalue weighted by atomic mass is 16.5. The third-order valence-electron chi connectivity index (χ3n) is 1.08. The smallest absolute Gasteiger partial charge is 0.157 e. The van der Waals surface area contributed by atoms with E-state index < -0.39 is 0 Å². The van der Waals surface area contributed by atoms with Crippen molar-refractivity contribution >= 4 is 0 Å². The molecule has 0 aliphatic carbocycles. The molecule has 1 N–H and O–H groups in total. The summed E-state index contributed by atoms with van der Waals surface area (Å²) in [6, 6.07) is 0. The van der Waals surface area contributed by atoms with Gasteiger partial charge in [0.25, 0.3) is 0 Å². The Bertz CT molecular complexity index is 51.0. The summed E-state index contributed by atoms with van der Waals surface area (Å²) in [5.74, 6) is 0. The summed E-state index contributed by atoms with van der Waals surface area (Å²) in [7, 11) is 0.